The number of hydrogen-bond donors (Lipinski definition) is 3. The van der Waals surface area contributed by atoms with Crippen molar-refractivity contribution in [1.29, 1.82) is 0 Å². The molecule has 0 aliphatic heterocycles. The Bertz CT molecular complexity index is 660. The summed E-state index contributed by atoms with van der Waals surface area (Å²) in [6.45, 7) is 7.95. The summed E-state index contributed by atoms with van der Waals surface area (Å²) >= 11 is 0. The van der Waals surface area contributed by atoms with Gasteiger partial charge in [-0.15, -0.1) is 24.0 Å². The quantitative estimate of drug-likeness (QED) is 0.174. The number of benzene rings is 1. The van der Waals surface area contributed by atoms with Gasteiger partial charge in [-0.1, -0.05) is 31.9 Å². The van der Waals surface area contributed by atoms with Crippen LogP contribution in [0.5, 0.6) is 0 Å². The van der Waals surface area contributed by atoms with Gasteiger partial charge in [-0.05, 0) is 55.7 Å². The molecular formula is C23H39IN4O2. The number of carbonyl (C=O) groups excluding carboxylic acids is 1. The van der Waals surface area contributed by atoms with Crippen LogP contribution in [0.1, 0.15) is 68.3 Å². The molecule has 0 heterocycles. The molecule has 30 heavy (non-hydrogen) atoms. The van der Waals surface area contributed by atoms with Crippen LogP contribution in [0.2, 0.25) is 0 Å². The largest absolute Gasteiger partial charge is 0.382 e. The topological polar surface area (TPSA) is 74.8 Å². The molecule has 1 aromatic carbocycles. The number of nitrogens with one attached hydrogen (secondary N) is 3. The normalized spacial score (nSPS) is 15.4. The van der Waals surface area contributed by atoms with E-state index in [1.165, 1.54) is 25.7 Å². The molecule has 2 rings (SSSR count). The minimum Gasteiger partial charge on any atom is -0.382 e. The van der Waals surface area contributed by atoms with Crippen molar-refractivity contribution in [2.24, 2.45) is 10.4 Å². The lowest BCUT2D eigenvalue weighted by molar-refractivity contribution is 0.0953. The molecule has 6 nitrogen and oxygen atoms in total. The van der Waals surface area contributed by atoms with Gasteiger partial charge in [0.25, 0.3) is 5.91 Å². The Hall–Kier alpha value is -1.35. The van der Waals surface area contributed by atoms with E-state index < -0.39 is 0 Å². The number of amides is 1. The third kappa shape index (κ3) is 8.79. The van der Waals surface area contributed by atoms with Crippen LogP contribution >= 0.6 is 24.0 Å². The van der Waals surface area contributed by atoms with Crippen LogP contribution in [0.3, 0.4) is 0 Å². The van der Waals surface area contributed by atoms with E-state index in [1.807, 2.05) is 38.1 Å². The maximum Gasteiger partial charge on any atom is 0.251 e. The van der Waals surface area contributed by atoms with Crippen LogP contribution in [0.15, 0.2) is 29.3 Å². The van der Waals surface area contributed by atoms with Gasteiger partial charge in [0.15, 0.2) is 5.96 Å². The van der Waals surface area contributed by atoms with Crippen molar-refractivity contribution in [3.8, 4) is 0 Å². The van der Waals surface area contributed by atoms with Crippen molar-refractivity contribution in [2.75, 3.05) is 33.4 Å². The maximum atomic E-state index is 12.2. The van der Waals surface area contributed by atoms with Gasteiger partial charge in [0.1, 0.15) is 0 Å². The van der Waals surface area contributed by atoms with Crippen molar-refractivity contribution in [3.63, 3.8) is 0 Å². The second-order valence-corrected chi connectivity index (χ2v) is 7.89. The molecule has 1 aliphatic rings. The smallest absolute Gasteiger partial charge is 0.251 e. The van der Waals surface area contributed by atoms with Gasteiger partial charge >= 0.3 is 0 Å². The van der Waals surface area contributed by atoms with E-state index in [2.05, 4.69) is 20.9 Å². The first kappa shape index (κ1) is 26.7. The second-order valence-electron chi connectivity index (χ2n) is 7.89. The van der Waals surface area contributed by atoms with Crippen molar-refractivity contribution >= 4 is 35.8 Å². The number of nitrogens with zero attached hydrogens (tertiary/aromatic N) is 1. The van der Waals surface area contributed by atoms with Gasteiger partial charge in [-0.3, -0.25) is 9.79 Å². The number of halogens is 1. The first-order valence-electron chi connectivity index (χ1n) is 11.0. The molecule has 170 valence electrons. The molecule has 1 amide bonds. The number of hydrogen-bond acceptors (Lipinski definition) is 3. The molecule has 3 N–H and O–H groups in total. The van der Waals surface area contributed by atoms with Gasteiger partial charge in [0.2, 0.25) is 0 Å². The predicted octanol–water partition coefficient (Wildman–Crippen LogP) is 4.10. The summed E-state index contributed by atoms with van der Waals surface area (Å²) in [5.41, 5.74) is 2.06. The van der Waals surface area contributed by atoms with Crippen LogP contribution in [0.4, 0.5) is 0 Å². The molecule has 0 spiro atoms. The molecule has 0 saturated heterocycles. The third-order valence-corrected chi connectivity index (χ3v) is 5.68. The van der Waals surface area contributed by atoms with Crippen molar-refractivity contribution in [3.05, 3.63) is 35.4 Å². The summed E-state index contributed by atoms with van der Waals surface area (Å²) in [5.74, 6) is 0.780. The van der Waals surface area contributed by atoms with Gasteiger partial charge < -0.3 is 20.7 Å². The summed E-state index contributed by atoms with van der Waals surface area (Å²) in [7, 11) is 1.80. The monoisotopic (exact) mass is 530 g/mol. The summed E-state index contributed by atoms with van der Waals surface area (Å²) < 4.78 is 5.61. The molecule has 1 aromatic rings. The Kier molecular flexibility index (Phi) is 13.0. The van der Waals surface area contributed by atoms with E-state index in [0.29, 0.717) is 24.1 Å². The Morgan fingerprint density at radius 1 is 1.17 bits per heavy atom. The summed E-state index contributed by atoms with van der Waals surface area (Å²) in [6.07, 6.45) is 7.12. The molecular weight excluding hydrogens is 491 g/mol. The van der Waals surface area contributed by atoms with Crippen molar-refractivity contribution in [1.82, 2.24) is 16.0 Å². The van der Waals surface area contributed by atoms with Crippen LogP contribution in [0, 0.1) is 5.41 Å². The van der Waals surface area contributed by atoms with E-state index in [-0.39, 0.29) is 29.9 Å². The molecule has 1 fully saturated rings. The van der Waals surface area contributed by atoms with Gasteiger partial charge in [0.05, 0.1) is 0 Å². The number of carbonyl (C=O) groups is 1. The van der Waals surface area contributed by atoms with Crippen LogP contribution in [-0.4, -0.2) is 45.2 Å². The first-order chi connectivity index (χ1) is 14.1. The fourth-order valence-corrected chi connectivity index (χ4v) is 3.91. The molecule has 1 aliphatic carbocycles. The van der Waals surface area contributed by atoms with Crippen molar-refractivity contribution in [2.45, 2.75) is 58.9 Å². The van der Waals surface area contributed by atoms with Crippen LogP contribution < -0.4 is 16.0 Å². The fourth-order valence-electron chi connectivity index (χ4n) is 3.91. The Morgan fingerprint density at radius 2 is 1.93 bits per heavy atom. The van der Waals surface area contributed by atoms with Gasteiger partial charge in [0, 0.05) is 45.5 Å². The number of guanidine groups is 1. The molecule has 0 bridgehead atoms. The van der Waals surface area contributed by atoms with Gasteiger partial charge in [-0.2, -0.15) is 0 Å². The number of aliphatic imine (C=N–C) groups is 1. The lowest BCUT2D eigenvalue weighted by Crippen LogP contribution is -2.43. The average Bonchev–Trinajstić information content (AvgIpc) is 3.21. The van der Waals surface area contributed by atoms with Crippen molar-refractivity contribution < 1.29 is 9.53 Å². The van der Waals surface area contributed by atoms with E-state index in [9.17, 15) is 4.79 Å². The Morgan fingerprint density at radius 3 is 2.60 bits per heavy atom. The highest BCUT2D eigenvalue weighted by Crippen LogP contribution is 2.40. The second kappa shape index (κ2) is 14.6. The standard InChI is InChI=1S/C23H38N4O2.HI/c1-4-14-25-21(28)20-10-8-9-19(16-20)17-26-22(24-3)27-18-23(11-6-7-12-23)13-15-29-5-2;/h8-10,16H,4-7,11-15,17-18H2,1-3H3,(H,25,28)(H2,24,26,27);1H. The Balaban J connectivity index is 0.00000450. The number of ether oxygens (including phenoxy) is 1. The lowest BCUT2D eigenvalue weighted by atomic mass is 9.83. The first-order valence-corrected chi connectivity index (χ1v) is 11.0. The lowest BCUT2D eigenvalue weighted by Gasteiger charge is -2.30. The maximum absolute atomic E-state index is 12.2. The van der Waals surface area contributed by atoms with E-state index in [1.54, 1.807) is 7.05 Å². The van der Waals surface area contributed by atoms with E-state index in [0.717, 1.165) is 44.1 Å². The zero-order chi connectivity index (χ0) is 21.0. The van der Waals surface area contributed by atoms with E-state index >= 15 is 0 Å². The zero-order valence-electron chi connectivity index (χ0n) is 18.8. The highest BCUT2D eigenvalue weighted by Gasteiger charge is 2.33. The average molecular weight is 530 g/mol. The highest BCUT2D eigenvalue weighted by molar-refractivity contribution is 14.0. The summed E-state index contributed by atoms with van der Waals surface area (Å²) in [6, 6.07) is 7.74. The fraction of sp³-hybridized carbons (Fsp3) is 0.652. The summed E-state index contributed by atoms with van der Waals surface area (Å²) in [4.78, 5) is 16.5. The predicted molar refractivity (Wildman–Crippen MR) is 135 cm³/mol. The van der Waals surface area contributed by atoms with E-state index in [4.69, 9.17) is 4.74 Å². The SMILES string of the molecule is CCCNC(=O)c1cccc(CNC(=NC)NCC2(CCOCC)CCCC2)c1.I. The van der Waals surface area contributed by atoms with Crippen LogP contribution in [0.25, 0.3) is 0 Å². The molecule has 0 atom stereocenters. The summed E-state index contributed by atoms with van der Waals surface area (Å²) in [5, 5.41) is 9.82. The molecule has 0 aromatic heterocycles. The minimum absolute atomic E-state index is 0. The minimum atomic E-state index is -0.0197. The molecule has 7 heteroatoms. The zero-order valence-corrected chi connectivity index (χ0v) is 21.1. The van der Waals surface area contributed by atoms with Crippen LogP contribution in [-0.2, 0) is 11.3 Å². The molecule has 0 radical (unpaired) electrons. The third-order valence-electron chi connectivity index (χ3n) is 5.68. The molecule has 0 unspecified atom stereocenters. The van der Waals surface area contributed by atoms with Gasteiger partial charge in [-0.25, -0.2) is 0 Å². The number of rotatable bonds is 11. The highest BCUT2D eigenvalue weighted by atomic mass is 127. The Labute approximate surface area is 199 Å². The molecule has 1 saturated carbocycles.